The van der Waals surface area contributed by atoms with Crippen molar-refractivity contribution in [2.45, 2.75) is 77.5 Å². The molecular weight excluding hydrogens is 585 g/mol. The van der Waals surface area contributed by atoms with Crippen molar-refractivity contribution in [1.82, 2.24) is 20.5 Å². The first-order valence-electron chi connectivity index (χ1n) is 16.4. The lowest BCUT2D eigenvalue weighted by atomic mass is 9.96. The van der Waals surface area contributed by atoms with Gasteiger partial charge < -0.3 is 29.9 Å². The van der Waals surface area contributed by atoms with Gasteiger partial charge in [-0.25, -0.2) is 9.37 Å². The summed E-state index contributed by atoms with van der Waals surface area (Å²) in [4.78, 5) is 35.4. The standard InChI is InChI=1S/C36H46FN5O4/c1-6-41(7-2)17-18-46-29-14-15-31(32(37)21-29)24(4)39-35(43)25-11-16-34(38-22-25)42-27-12-13-28(42)20-26(19-27)40-36(44)30-9-8-10-33(45-5)23(30)3/h8-11,14-16,21-22,24,26-28H,6-7,12-13,17-20H2,1-5H3,(H,39,43)(H,40,44)/t24-,26?,27?,28?/m0/s1. The Bertz CT molecular complexity index is 1500. The average Bonchev–Trinajstić information content (AvgIpc) is 3.32. The molecule has 246 valence electrons. The first-order chi connectivity index (χ1) is 22.2. The number of benzene rings is 2. The molecule has 2 aliphatic rings. The Morgan fingerprint density at radius 1 is 1.07 bits per heavy atom. The maximum Gasteiger partial charge on any atom is 0.253 e. The molecule has 2 aliphatic heterocycles. The average molecular weight is 632 g/mol. The van der Waals surface area contributed by atoms with Crippen LogP contribution in [-0.2, 0) is 0 Å². The van der Waals surface area contributed by atoms with E-state index in [0.717, 1.165) is 56.7 Å². The fraction of sp³-hybridized carbons (Fsp3) is 0.472. The molecule has 3 aromatic rings. The van der Waals surface area contributed by atoms with Crippen LogP contribution in [-0.4, -0.2) is 73.2 Å². The topological polar surface area (TPSA) is 96.0 Å². The number of aromatic nitrogens is 1. The highest BCUT2D eigenvalue weighted by molar-refractivity contribution is 5.96. The van der Waals surface area contributed by atoms with E-state index in [2.05, 4.69) is 39.3 Å². The van der Waals surface area contributed by atoms with Crippen molar-refractivity contribution in [3.05, 3.63) is 82.8 Å². The summed E-state index contributed by atoms with van der Waals surface area (Å²) in [6.45, 7) is 11.0. The van der Waals surface area contributed by atoms with E-state index in [4.69, 9.17) is 9.47 Å². The Hall–Kier alpha value is -4.18. The van der Waals surface area contributed by atoms with E-state index >= 15 is 0 Å². The van der Waals surface area contributed by atoms with Crippen LogP contribution in [0.25, 0.3) is 0 Å². The summed E-state index contributed by atoms with van der Waals surface area (Å²) in [7, 11) is 1.61. The zero-order chi connectivity index (χ0) is 32.8. The summed E-state index contributed by atoms with van der Waals surface area (Å²) >= 11 is 0. The largest absolute Gasteiger partial charge is 0.496 e. The van der Waals surface area contributed by atoms with Crippen molar-refractivity contribution >= 4 is 17.6 Å². The van der Waals surface area contributed by atoms with E-state index in [9.17, 15) is 14.0 Å². The van der Waals surface area contributed by atoms with Gasteiger partial charge in [0.05, 0.1) is 18.7 Å². The molecule has 0 radical (unpaired) electrons. The molecule has 2 amide bonds. The first-order valence-corrected chi connectivity index (χ1v) is 16.4. The molecule has 0 spiro atoms. The van der Waals surface area contributed by atoms with Gasteiger partial charge in [0.1, 0.15) is 29.7 Å². The Balaban J connectivity index is 1.15. The predicted octanol–water partition coefficient (Wildman–Crippen LogP) is 5.68. The number of likely N-dealkylation sites (N-methyl/N-ethyl adjacent to an activating group) is 1. The summed E-state index contributed by atoms with van der Waals surface area (Å²) in [6, 6.07) is 14.0. The number of anilines is 1. The van der Waals surface area contributed by atoms with Crippen LogP contribution in [0.4, 0.5) is 10.2 Å². The molecule has 1 aromatic heterocycles. The number of fused-ring (bicyclic) bond motifs is 2. The molecule has 2 bridgehead atoms. The van der Waals surface area contributed by atoms with E-state index in [1.54, 1.807) is 38.4 Å². The van der Waals surface area contributed by atoms with Gasteiger partial charge in [-0.2, -0.15) is 0 Å². The third kappa shape index (κ3) is 7.44. The van der Waals surface area contributed by atoms with Crippen molar-refractivity contribution in [3.63, 3.8) is 0 Å². The number of hydrogen-bond acceptors (Lipinski definition) is 7. The summed E-state index contributed by atoms with van der Waals surface area (Å²) in [5.41, 5.74) is 2.27. The zero-order valence-electron chi connectivity index (χ0n) is 27.5. The van der Waals surface area contributed by atoms with Crippen LogP contribution in [0.15, 0.2) is 54.7 Å². The molecule has 10 heteroatoms. The van der Waals surface area contributed by atoms with Crippen LogP contribution in [0, 0.1) is 12.7 Å². The smallest absolute Gasteiger partial charge is 0.253 e. The summed E-state index contributed by atoms with van der Waals surface area (Å²) in [5, 5.41) is 6.15. The van der Waals surface area contributed by atoms with Crippen LogP contribution in [0.2, 0.25) is 0 Å². The fourth-order valence-electron chi connectivity index (χ4n) is 6.83. The maximum atomic E-state index is 15.0. The number of nitrogens with zero attached hydrogens (tertiary/aromatic N) is 3. The monoisotopic (exact) mass is 631 g/mol. The molecule has 9 nitrogen and oxygen atoms in total. The van der Waals surface area contributed by atoms with E-state index < -0.39 is 11.9 Å². The Kier molecular flexibility index (Phi) is 10.8. The highest BCUT2D eigenvalue weighted by Gasteiger charge is 2.42. The molecule has 2 unspecified atom stereocenters. The van der Waals surface area contributed by atoms with Gasteiger partial charge in [0, 0.05) is 53.6 Å². The van der Waals surface area contributed by atoms with Gasteiger partial charge in [-0.05, 0) is 83.0 Å². The maximum absolute atomic E-state index is 15.0. The van der Waals surface area contributed by atoms with E-state index in [-0.39, 0.29) is 29.9 Å². The van der Waals surface area contributed by atoms with Crippen molar-refractivity contribution in [3.8, 4) is 11.5 Å². The molecule has 5 rings (SSSR count). The quantitative estimate of drug-likeness (QED) is 0.251. The second-order valence-electron chi connectivity index (χ2n) is 12.2. The minimum absolute atomic E-state index is 0.0758. The van der Waals surface area contributed by atoms with Crippen LogP contribution in [0.1, 0.15) is 84.3 Å². The van der Waals surface area contributed by atoms with Crippen molar-refractivity contribution in [2.24, 2.45) is 0 Å². The highest BCUT2D eigenvalue weighted by atomic mass is 19.1. The molecule has 3 heterocycles. The highest BCUT2D eigenvalue weighted by Crippen LogP contribution is 2.39. The number of ether oxygens (including phenoxy) is 2. The predicted molar refractivity (Wildman–Crippen MR) is 177 cm³/mol. The van der Waals surface area contributed by atoms with Crippen LogP contribution >= 0.6 is 0 Å². The van der Waals surface area contributed by atoms with Crippen molar-refractivity contribution in [1.29, 1.82) is 0 Å². The van der Waals surface area contributed by atoms with Gasteiger partial charge >= 0.3 is 0 Å². The second kappa shape index (κ2) is 14.9. The molecule has 2 aromatic carbocycles. The van der Waals surface area contributed by atoms with E-state index in [1.807, 2.05) is 31.2 Å². The summed E-state index contributed by atoms with van der Waals surface area (Å²) < 4.78 is 26.1. The first kappa shape index (κ1) is 33.2. The molecule has 0 saturated carbocycles. The molecule has 2 saturated heterocycles. The van der Waals surface area contributed by atoms with Gasteiger partial charge in [0.25, 0.3) is 11.8 Å². The third-order valence-electron chi connectivity index (χ3n) is 9.45. The molecule has 2 N–H and O–H groups in total. The zero-order valence-corrected chi connectivity index (χ0v) is 27.5. The number of amides is 2. The Morgan fingerprint density at radius 3 is 2.43 bits per heavy atom. The van der Waals surface area contributed by atoms with Crippen molar-refractivity contribution in [2.75, 3.05) is 38.3 Å². The molecule has 0 aliphatic carbocycles. The number of methoxy groups -OCH3 is 1. The van der Waals surface area contributed by atoms with Crippen LogP contribution in [0.5, 0.6) is 11.5 Å². The third-order valence-corrected chi connectivity index (χ3v) is 9.45. The molecule has 46 heavy (non-hydrogen) atoms. The minimum Gasteiger partial charge on any atom is -0.496 e. The lowest BCUT2D eigenvalue weighted by Crippen LogP contribution is -2.50. The number of halogens is 1. The van der Waals surface area contributed by atoms with Gasteiger partial charge in [-0.15, -0.1) is 0 Å². The number of piperidine rings is 1. The van der Waals surface area contributed by atoms with E-state index in [0.29, 0.717) is 34.8 Å². The van der Waals surface area contributed by atoms with Gasteiger partial charge in [-0.3, -0.25) is 9.59 Å². The van der Waals surface area contributed by atoms with Crippen LogP contribution in [0.3, 0.4) is 0 Å². The fourth-order valence-corrected chi connectivity index (χ4v) is 6.83. The molecule has 2 fully saturated rings. The number of nitrogens with one attached hydrogen (secondary N) is 2. The number of carbonyl (C=O) groups is 2. The second-order valence-corrected chi connectivity index (χ2v) is 12.2. The number of carbonyl (C=O) groups excluding carboxylic acids is 2. The Morgan fingerprint density at radius 2 is 1.80 bits per heavy atom. The van der Waals surface area contributed by atoms with Gasteiger partial charge in [0.15, 0.2) is 0 Å². The van der Waals surface area contributed by atoms with Gasteiger partial charge in [0.2, 0.25) is 0 Å². The summed E-state index contributed by atoms with van der Waals surface area (Å²) in [6.07, 6.45) is 5.30. The normalized spacial score (nSPS) is 19.5. The molecular formula is C36H46FN5O4. The number of pyridine rings is 1. The van der Waals surface area contributed by atoms with Gasteiger partial charge in [-0.1, -0.05) is 26.0 Å². The number of hydrogen-bond donors (Lipinski definition) is 2. The lowest BCUT2D eigenvalue weighted by Gasteiger charge is -2.40. The van der Waals surface area contributed by atoms with E-state index in [1.165, 1.54) is 6.07 Å². The summed E-state index contributed by atoms with van der Waals surface area (Å²) in [5.74, 6) is 1.19. The molecule has 3 atom stereocenters. The SMILES string of the molecule is CCN(CC)CCOc1ccc([C@H](C)NC(=O)c2ccc(N3C4CCC3CC(NC(=O)c3cccc(OC)c3C)C4)nc2)c(F)c1. The number of rotatable bonds is 13. The van der Waals surface area contributed by atoms with Crippen LogP contribution < -0.4 is 25.0 Å². The van der Waals surface area contributed by atoms with Crippen molar-refractivity contribution < 1.29 is 23.5 Å². The minimum atomic E-state index is -0.539. The Labute approximate surface area is 271 Å². The lowest BCUT2D eigenvalue weighted by molar-refractivity contribution is 0.0922.